The van der Waals surface area contributed by atoms with Gasteiger partial charge in [0.25, 0.3) is 0 Å². The van der Waals surface area contributed by atoms with Crippen molar-refractivity contribution in [3.05, 3.63) is 0 Å². The molecule has 0 aromatic heterocycles. The van der Waals surface area contributed by atoms with Crippen molar-refractivity contribution in [3.63, 3.8) is 0 Å². The molecule has 0 aromatic rings. The lowest BCUT2D eigenvalue weighted by Gasteiger charge is -2.17. The maximum Gasteiger partial charge on any atom is 0.179 e. The highest BCUT2D eigenvalue weighted by molar-refractivity contribution is 4.76. The zero-order valence-corrected chi connectivity index (χ0v) is 5.96. The van der Waals surface area contributed by atoms with Gasteiger partial charge in [-0.05, 0) is 13.8 Å². The van der Waals surface area contributed by atoms with Gasteiger partial charge in [0.05, 0.1) is 0 Å². The molecule has 0 saturated heterocycles. The maximum absolute atomic E-state index is 8.45. The molecule has 0 aliphatic rings. The predicted octanol–water partition coefficient (Wildman–Crippen LogP) is 0.137. The third-order valence-corrected chi connectivity index (χ3v) is 1.12. The SMILES string of the molecule is CC(C)N(C#N)CCN. The summed E-state index contributed by atoms with van der Waals surface area (Å²) in [6.45, 7) is 5.15. The van der Waals surface area contributed by atoms with Crippen molar-refractivity contribution >= 4 is 0 Å². The normalized spacial score (nSPS) is 9.22. The zero-order chi connectivity index (χ0) is 7.28. The molecule has 0 unspecified atom stereocenters. The summed E-state index contributed by atoms with van der Waals surface area (Å²) in [5, 5.41) is 8.45. The third-order valence-electron chi connectivity index (χ3n) is 1.12. The van der Waals surface area contributed by atoms with Crippen molar-refractivity contribution in [1.82, 2.24) is 4.90 Å². The molecule has 0 fully saturated rings. The van der Waals surface area contributed by atoms with Crippen molar-refractivity contribution in [3.8, 4) is 6.19 Å². The first-order valence-corrected chi connectivity index (χ1v) is 3.08. The Hall–Kier alpha value is -0.750. The van der Waals surface area contributed by atoms with Gasteiger partial charge >= 0.3 is 0 Å². The molecule has 0 aliphatic heterocycles. The van der Waals surface area contributed by atoms with E-state index in [1.54, 1.807) is 4.90 Å². The first-order valence-electron chi connectivity index (χ1n) is 3.08. The Morgan fingerprint density at radius 3 is 2.33 bits per heavy atom. The summed E-state index contributed by atoms with van der Waals surface area (Å²) < 4.78 is 0. The molecule has 0 amide bonds. The van der Waals surface area contributed by atoms with Crippen LogP contribution in [-0.2, 0) is 0 Å². The molecule has 0 radical (unpaired) electrons. The van der Waals surface area contributed by atoms with Crippen LogP contribution in [0.5, 0.6) is 0 Å². The second kappa shape index (κ2) is 4.16. The van der Waals surface area contributed by atoms with E-state index in [1.165, 1.54) is 0 Å². The summed E-state index contributed by atoms with van der Waals surface area (Å²) in [6, 6.07) is 0.276. The monoisotopic (exact) mass is 127 g/mol. The average molecular weight is 127 g/mol. The highest BCUT2D eigenvalue weighted by Crippen LogP contribution is 1.92. The molecule has 0 saturated carbocycles. The first-order chi connectivity index (χ1) is 4.22. The summed E-state index contributed by atoms with van der Waals surface area (Å²) in [5.74, 6) is 0. The quantitative estimate of drug-likeness (QED) is 0.433. The van der Waals surface area contributed by atoms with E-state index in [-0.39, 0.29) is 6.04 Å². The van der Waals surface area contributed by atoms with Gasteiger partial charge in [-0.1, -0.05) is 0 Å². The number of nitriles is 1. The summed E-state index contributed by atoms with van der Waals surface area (Å²) in [6.07, 6.45) is 2.06. The fourth-order valence-electron chi connectivity index (χ4n) is 0.563. The summed E-state index contributed by atoms with van der Waals surface area (Å²) in [7, 11) is 0. The van der Waals surface area contributed by atoms with Crippen LogP contribution in [0, 0.1) is 11.5 Å². The van der Waals surface area contributed by atoms with E-state index in [0.29, 0.717) is 13.1 Å². The van der Waals surface area contributed by atoms with Crippen LogP contribution >= 0.6 is 0 Å². The van der Waals surface area contributed by atoms with E-state index in [0.717, 1.165) is 0 Å². The Labute approximate surface area is 56.1 Å². The second-order valence-corrected chi connectivity index (χ2v) is 2.18. The minimum atomic E-state index is 0.276. The molecule has 9 heavy (non-hydrogen) atoms. The van der Waals surface area contributed by atoms with E-state index < -0.39 is 0 Å². The molecule has 0 atom stereocenters. The van der Waals surface area contributed by atoms with Gasteiger partial charge in [-0.2, -0.15) is 5.26 Å². The molecule has 52 valence electrons. The van der Waals surface area contributed by atoms with Gasteiger partial charge in [-0.3, -0.25) is 0 Å². The van der Waals surface area contributed by atoms with Crippen LogP contribution in [0.2, 0.25) is 0 Å². The van der Waals surface area contributed by atoms with Crippen molar-refractivity contribution < 1.29 is 0 Å². The highest BCUT2D eigenvalue weighted by atomic mass is 15.1. The molecule has 2 N–H and O–H groups in total. The summed E-state index contributed by atoms with van der Waals surface area (Å²) in [5.41, 5.74) is 5.25. The van der Waals surface area contributed by atoms with Crippen molar-refractivity contribution in [2.24, 2.45) is 5.73 Å². The van der Waals surface area contributed by atoms with Gasteiger partial charge in [-0.15, -0.1) is 0 Å². The molecule has 0 aliphatic carbocycles. The molecular weight excluding hydrogens is 114 g/mol. The van der Waals surface area contributed by atoms with Crippen LogP contribution in [0.1, 0.15) is 13.8 Å². The van der Waals surface area contributed by atoms with Crippen LogP contribution in [0.25, 0.3) is 0 Å². The Morgan fingerprint density at radius 2 is 2.22 bits per heavy atom. The minimum Gasteiger partial charge on any atom is -0.329 e. The van der Waals surface area contributed by atoms with Crippen LogP contribution in [0.4, 0.5) is 0 Å². The number of hydrogen-bond donors (Lipinski definition) is 1. The van der Waals surface area contributed by atoms with Gasteiger partial charge < -0.3 is 10.6 Å². The minimum absolute atomic E-state index is 0.276. The number of nitrogens with zero attached hydrogens (tertiary/aromatic N) is 2. The molecule has 0 rings (SSSR count). The maximum atomic E-state index is 8.45. The third kappa shape index (κ3) is 2.94. The van der Waals surface area contributed by atoms with Crippen molar-refractivity contribution in [2.45, 2.75) is 19.9 Å². The Kier molecular flexibility index (Phi) is 3.81. The molecular formula is C6H13N3. The first kappa shape index (κ1) is 8.25. The lowest BCUT2D eigenvalue weighted by molar-refractivity contribution is 0.334. The largest absolute Gasteiger partial charge is 0.329 e. The van der Waals surface area contributed by atoms with Gasteiger partial charge in [-0.25, -0.2) is 0 Å². The van der Waals surface area contributed by atoms with Gasteiger partial charge in [0.15, 0.2) is 6.19 Å². The lowest BCUT2D eigenvalue weighted by Crippen LogP contribution is -2.30. The fraction of sp³-hybridized carbons (Fsp3) is 0.833. The summed E-state index contributed by atoms with van der Waals surface area (Å²) >= 11 is 0. The van der Waals surface area contributed by atoms with Crippen molar-refractivity contribution in [1.29, 1.82) is 5.26 Å². The van der Waals surface area contributed by atoms with Crippen LogP contribution in [-0.4, -0.2) is 24.0 Å². The smallest absolute Gasteiger partial charge is 0.179 e. The topological polar surface area (TPSA) is 53.0 Å². The highest BCUT2D eigenvalue weighted by Gasteiger charge is 2.02. The van der Waals surface area contributed by atoms with E-state index in [4.69, 9.17) is 11.0 Å². The molecule has 0 bridgehead atoms. The standard InChI is InChI=1S/C6H13N3/c1-6(2)9(5-8)4-3-7/h6H,3-4,7H2,1-2H3. The second-order valence-electron chi connectivity index (χ2n) is 2.18. The molecule has 0 heterocycles. The lowest BCUT2D eigenvalue weighted by atomic mass is 10.3. The Bertz CT molecular complexity index is 103. The zero-order valence-electron chi connectivity index (χ0n) is 5.96. The average Bonchev–Trinajstić information content (AvgIpc) is 1.82. The Balaban J connectivity index is 3.58. The molecule has 3 heteroatoms. The van der Waals surface area contributed by atoms with E-state index in [2.05, 4.69) is 6.19 Å². The van der Waals surface area contributed by atoms with E-state index >= 15 is 0 Å². The molecule has 0 aromatic carbocycles. The van der Waals surface area contributed by atoms with E-state index in [1.807, 2.05) is 13.8 Å². The van der Waals surface area contributed by atoms with Gasteiger partial charge in [0.1, 0.15) is 0 Å². The fourth-order valence-corrected chi connectivity index (χ4v) is 0.563. The van der Waals surface area contributed by atoms with E-state index in [9.17, 15) is 0 Å². The molecule has 3 nitrogen and oxygen atoms in total. The number of nitrogens with two attached hydrogens (primary N) is 1. The summed E-state index contributed by atoms with van der Waals surface area (Å²) in [4.78, 5) is 1.65. The van der Waals surface area contributed by atoms with Gasteiger partial charge in [0.2, 0.25) is 0 Å². The predicted molar refractivity (Wildman–Crippen MR) is 36.5 cm³/mol. The van der Waals surface area contributed by atoms with Crippen LogP contribution < -0.4 is 5.73 Å². The molecule has 0 spiro atoms. The van der Waals surface area contributed by atoms with Crippen LogP contribution in [0.15, 0.2) is 0 Å². The van der Waals surface area contributed by atoms with Gasteiger partial charge in [0, 0.05) is 19.1 Å². The Morgan fingerprint density at radius 1 is 1.67 bits per heavy atom. The van der Waals surface area contributed by atoms with Crippen LogP contribution in [0.3, 0.4) is 0 Å². The van der Waals surface area contributed by atoms with Crippen molar-refractivity contribution in [2.75, 3.05) is 13.1 Å². The number of rotatable bonds is 3. The number of hydrogen-bond acceptors (Lipinski definition) is 3.